The molecule has 2 heterocycles. The van der Waals surface area contributed by atoms with Crippen LogP contribution in [0.15, 0.2) is 24.4 Å². The van der Waals surface area contributed by atoms with E-state index in [4.69, 9.17) is 0 Å². The Morgan fingerprint density at radius 1 is 1.57 bits per heavy atom. The zero-order chi connectivity index (χ0) is 10.1. The van der Waals surface area contributed by atoms with Crippen LogP contribution in [0.25, 0.3) is 5.52 Å². The van der Waals surface area contributed by atoms with E-state index in [2.05, 4.69) is 5.10 Å². The van der Waals surface area contributed by atoms with Gasteiger partial charge in [0.05, 0.1) is 4.92 Å². The highest BCUT2D eigenvalue weighted by Crippen LogP contribution is 2.24. The van der Waals surface area contributed by atoms with E-state index in [1.807, 2.05) is 6.92 Å². The van der Waals surface area contributed by atoms with Gasteiger partial charge in [-0.25, -0.2) is 4.52 Å². The first-order chi connectivity index (χ1) is 6.74. The second kappa shape index (κ2) is 3.10. The van der Waals surface area contributed by atoms with Crippen molar-refractivity contribution in [3.05, 3.63) is 40.2 Å². The smallest absolute Gasteiger partial charge is 0.258 e. The Kier molecular flexibility index (Phi) is 1.92. The molecule has 2 rings (SSSR count). The van der Waals surface area contributed by atoms with Gasteiger partial charge in [0.25, 0.3) is 0 Å². The zero-order valence-electron chi connectivity index (χ0n) is 7.67. The molecule has 0 aliphatic heterocycles. The van der Waals surface area contributed by atoms with E-state index in [1.165, 1.54) is 4.52 Å². The van der Waals surface area contributed by atoms with Crippen molar-refractivity contribution < 1.29 is 4.92 Å². The van der Waals surface area contributed by atoms with Crippen LogP contribution in [-0.2, 0) is 6.42 Å². The van der Waals surface area contributed by atoms with Crippen LogP contribution in [0.3, 0.4) is 0 Å². The van der Waals surface area contributed by atoms with Crippen molar-refractivity contribution in [3.8, 4) is 0 Å². The van der Waals surface area contributed by atoms with Gasteiger partial charge in [0.1, 0.15) is 11.2 Å². The fraction of sp³-hybridized carbons (Fsp3) is 0.222. The van der Waals surface area contributed by atoms with E-state index in [1.54, 1.807) is 24.4 Å². The molecule has 0 saturated heterocycles. The van der Waals surface area contributed by atoms with Crippen molar-refractivity contribution in [1.82, 2.24) is 9.61 Å². The lowest BCUT2D eigenvalue weighted by Gasteiger charge is -1.89. The number of hydrogen-bond donors (Lipinski definition) is 0. The first-order valence-corrected chi connectivity index (χ1v) is 4.34. The quantitative estimate of drug-likeness (QED) is 0.537. The van der Waals surface area contributed by atoms with Crippen LogP contribution < -0.4 is 0 Å². The fourth-order valence-corrected chi connectivity index (χ4v) is 1.47. The maximum absolute atomic E-state index is 10.8. The Bertz CT molecular complexity index is 490. The number of aryl methyl sites for hydroxylation is 1. The SMILES string of the molecule is CCc1nn2ccccc2c1[N+](=O)[O-]. The summed E-state index contributed by atoms with van der Waals surface area (Å²) >= 11 is 0. The number of nitro groups is 1. The second-order valence-corrected chi connectivity index (χ2v) is 2.94. The Labute approximate surface area is 80.1 Å². The van der Waals surface area contributed by atoms with E-state index in [0.29, 0.717) is 17.6 Å². The van der Waals surface area contributed by atoms with Crippen LogP contribution in [0.2, 0.25) is 0 Å². The predicted molar refractivity (Wildman–Crippen MR) is 51.2 cm³/mol. The van der Waals surface area contributed by atoms with Crippen LogP contribution in [0.4, 0.5) is 5.69 Å². The van der Waals surface area contributed by atoms with E-state index in [0.717, 1.165) is 0 Å². The molecule has 0 atom stereocenters. The van der Waals surface area contributed by atoms with Crippen LogP contribution in [-0.4, -0.2) is 14.5 Å². The minimum absolute atomic E-state index is 0.119. The number of nitrogens with zero attached hydrogens (tertiary/aromatic N) is 3. The van der Waals surface area contributed by atoms with Crippen LogP contribution in [0.5, 0.6) is 0 Å². The lowest BCUT2D eigenvalue weighted by Crippen LogP contribution is -1.91. The molecular weight excluding hydrogens is 182 g/mol. The van der Waals surface area contributed by atoms with E-state index < -0.39 is 0 Å². The third-order valence-corrected chi connectivity index (χ3v) is 2.10. The van der Waals surface area contributed by atoms with Gasteiger partial charge >= 0.3 is 5.69 Å². The third-order valence-electron chi connectivity index (χ3n) is 2.10. The first-order valence-electron chi connectivity index (χ1n) is 4.34. The number of aromatic nitrogens is 2. The van der Waals surface area contributed by atoms with Gasteiger partial charge in [-0.1, -0.05) is 13.0 Å². The van der Waals surface area contributed by atoms with Crippen LogP contribution in [0, 0.1) is 10.1 Å². The highest BCUT2D eigenvalue weighted by Gasteiger charge is 2.20. The van der Waals surface area contributed by atoms with Crippen molar-refractivity contribution in [2.75, 3.05) is 0 Å². The molecule has 5 heteroatoms. The maximum atomic E-state index is 10.8. The van der Waals surface area contributed by atoms with Crippen molar-refractivity contribution in [2.45, 2.75) is 13.3 Å². The number of rotatable bonds is 2. The van der Waals surface area contributed by atoms with E-state index >= 15 is 0 Å². The molecule has 0 unspecified atom stereocenters. The summed E-state index contributed by atoms with van der Waals surface area (Å²) in [4.78, 5) is 10.4. The van der Waals surface area contributed by atoms with E-state index in [9.17, 15) is 10.1 Å². The topological polar surface area (TPSA) is 60.4 Å². The largest absolute Gasteiger partial charge is 0.317 e. The molecule has 14 heavy (non-hydrogen) atoms. The molecule has 0 aromatic carbocycles. The standard InChI is InChI=1S/C9H9N3O2/c1-2-7-9(12(13)14)8-5-3-4-6-11(8)10-7/h3-6H,2H2,1H3. The predicted octanol–water partition coefficient (Wildman–Crippen LogP) is 1.80. The van der Waals surface area contributed by atoms with Gasteiger partial charge in [-0.2, -0.15) is 5.10 Å². The summed E-state index contributed by atoms with van der Waals surface area (Å²) in [5, 5.41) is 14.9. The lowest BCUT2D eigenvalue weighted by molar-refractivity contribution is -0.383. The molecule has 5 nitrogen and oxygen atoms in total. The average molecular weight is 191 g/mol. The maximum Gasteiger partial charge on any atom is 0.317 e. The molecule has 0 bridgehead atoms. The third kappa shape index (κ3) is 1.14. The molecule has 0 amide bonds. The normalized spacial score (nSPS) is 10.6. The number of pyridine rings is 1. The minimum atomic E-state index is -0.374. The monoisotopic (exact) mass is 191 g/mol. The summed E-state index contributed by atoms with van der Waals surface area (Å²) in [7, 11) is 0. The molecule has 2 aromatic rings. The molecule has 0 aliphatic rings. The number of hydrogen-bond acceptors (Lipinski definition) is 3. The van der Waals surface area contributed by atoms with Crippen LogP contribution >= 0.6 is 0 Å². The Hall–Kier alpha value is -1.91. The Morgan fingerprint density at radius 2 is 2.36 bits per heavy atom. The van der Waals surface area contributed by atoms with Crippen molar-refractivity contribution >= 4 is 11.2 Å². The molecule has 0 radical (unpaired) electrons. The fourth-order valence-electron chi connectivity index (χ4n) is 1.47. The van der Waals surface area contributed by atoms with Crippen molar-refractivity contribution in [2.24, 2.45) is 0 Å². The molecular formula is C9H9N3O2. The van der Waals surface area contributed by atoms with Gasteiger partial charge in [0.15, 0.2) is 0 Å². The number of fused-ring (bicyclic) bond motifs is 1. The molecule has 0 saturated carbocycles. The van der Waals surface area contributed by atoms with Gasteiger partial charge in [-0.05, 0) is 18.6 Å². The molecule has 0 fully saturated rings. The minimum Gasteiger partial charge on any atom is -0.258 e. The van der Waals surface area contributed by atoms with Gasteiger partial charge in [-0.15, -0.1) is 0 Å². The summed E-state index contributed by atoms with van der Waals surface area (Å²) in [6.07, 6.45) is 2.28. The Morgan fingerprint density at radius 3 is 3.00 bits per heavy atom. The summed E-state index contributed by atoms with van der Waals surface area (Å²) in [6, 6.07) is 5.26. The van der Waals surface area contributed by atoms with Gasteiger partial charge in [0.2, 0.25) is 0 Å². The summed E-state index contributed by atoms with van der Waals surface area (Å²) < 4.78 is 1.54. The molecule has 2 aromatic heterocycles. The highest BCUT2D eigenvalue weighted by atomic mass is 16.6. The van der Waals surface area contributed by atoms with Crippen molar-refractivity contribution in [3.63, 3.8) is 0 Å². The van der Waals surface area contributed by atoms with Crippen molar-refractivity contribution in [1.29, 1.82) is 0 Å². The summed E-state index contributed by atoms with van der Waals surface area (Å²) in [6.45, 7) is 1.86. The molecule has 72 valence electrons. The lowest BCUT2D eigenvalue weighted by atomic mass is 10.2. The molecule has 0 aliphatic carbocycles. The van der Waals surface area contributed by atoms with Gasteiger partial charge in [-0.3, -0.25) is 10.1 Å². The Balaban J connectivity index is 2.81. The second-order valence-electron chi connectivity index (χ2n) is 2.94. The highest BCUT2D eigenvalue weighted by molar-refractivity contribution is 5.67. The van der Waals surface area contributed by atoms with E-state index in [-0.39, 0.29) is 10.6 Å². The zero-order valence-corrected chi connectivity index (χ0v) is 7.67. The average Bonchev–Trinajstić information content (AvgIpc) is 2.55. The van der Waals surface area contributed by atoms with Gasteiger partial charge in [0, 0.05) is 6.20 Å². The molecule has 0 spiro atoms. The first kappa shape index (κ1) is 8.68. The van der Waals surface area contributed by atoms with Gasteiger partial charge < -0.3 is 0 Å². The molecule has 0 N–H and O–H groups in total. The summed E-state index contributed by atoms with van der Waals surface area (Å²) in [5.41, 5.74) is 1.20. The summed E-state index contributed by atoms with van der Waals surface area (Å²) in [5.74, 6) is 0. The van der Waals surface area contributed by atoms with Crippen LogP contribution in [0.1, 0.15) is 12.6 Å².